The zero-order valence-electron chi connectivity index (χ0n) is 13.2. The van der Waals surface area contributed by atoms with Crippen molar-refractivity contribution in [1.82, 2.24) is 25.0 Å². The van der Waals surface area contributed by atoms with Gasteiger partial charge in [0.2, 0.25) is 0 Å². The number of benzene rings is 1. The van der Waals surface area contributed by atoms with Crippen molar-refractivity contribution in [1.29, 1.82) is 0 Å². The van der Waals surface area contributed by atoms with Crippen molar-refractivity contribution < 1.29 is 8.81 Å². The molecule has 0 saturated heterocycles. The Balaban J connectivity index is 1.73. The van der Waals surface area contributed by atoms with Crippen molar-refractivity contribution in [3.8, 4) is 11.6 Å². The van der Waals surface area contributed by atoms with Gasteiger partial charge >= 0.3 is 149 Å². The summed E-state index contributed by atoms with van der Waals surface area (Å²) in [6.07, 6.45) is 2.15. The Hall–Kier alpha value is -2.70. The topological polar surface area (TPSA) is 69.6 Å². The SMILES string of the molecule is Cn1nc(-c2nnc(Cc3ccc(F)cc3)o2)c(=[Se])c2ncccc21. The number of rotatable bonds is 3. The van der Waals surface area contributed by atoms with Crippen molar-refractivity contribution in [3.63, 3.8) is 0 Å². The molecule has 0 amide bonds. The van der Waals surface area contributed by atoms with Crippen molar-refractivity contribution >= 4 is 26.6 Å². The van der Waals surface area contributed by atoms with Crippen molar-refractivity contribution in [2.24, 2.45) is 7.05 Å². The van der Waals surface area contributed by atoms with E-state index in [1.165, 1.54) is 12.1 Å². The first-order valence-corrected chi connectivity index (χ1v) is 8.37. The van der Waals surface area contributed by atoms with Gasteiger partial charge in [0.15, 0.2) is 0 Å². The number of nitrogens with zero attached hydrogens (tertiary/aromatic N) is 5. The number of aromatic nitrogens is 5. The molecule has 0 radical (unpaired) electrons. The third kappa shape index (κ3) is 3.01. The molecule has 8 heteroatoms. The summed E-state index contributed by atoms with van der Waals surface area (Å²) in [5.74, 6) is 0.474. The van der Waals surface area contributed by atoms with Gasteiger partial charge in [-0.2, -0.15) is 0 Å². The van der Waals surface area contributed by atoms with Crippen LogP contribution < -0.4 is 0 Å². The van der Waals surface area contributed by atoms with Crippen LogP contribution in [-0.2, 0) is 13.5 Å². The number of hydrogen-bond donors (Lipinski definition) is 0. The molecule has 4 rings (SSSR count). The van der Waals surface area contributed by atoms with Gasteiger partial charge in [-0.25, -0.2) is 0 Å². The van der Waals surface area contributed by atoms with Gasteiger partial charge in [-0.3, -0.25) is 0 Å². The van der Waals surface area contributed by atoms with Crippen LogP contribution >= 0.6 is 0 Å². The second-order valence-electron chi connectivity index (χ2n) is 5.48. The standard InChI is InChI=1S/C17H12FN5OSe/c1-23-12-3-2-8-19-14(12)16(25)15(22-23)17-21-20-13(24-17)9-10-4-6-11(18)7-5-10/h2-8H,9H2,1H3. The third-order valence-corrected chi connectivity index (χ3v) is 4.56. The van der Waals surface area contributed by atoms with Gasteiger partial charge in [0.1, 0.15) is 0 Å². The predicted molar refractivity (Wildman–Crippen MR) is 90.0 cm³/mol. The molecule has 0 unspecified atom stereocenters. The molecule has 0 N–H and O–H groups in total. The molecule has 4 aromatic rings. The van der Waals surface area contributed by atoms with Crippen molar-refractivity contribution in [2.45, 2.75) is 6.42 Å². The molecule has 0 aliphatic rings. The molecule has 0 fully saturated rings. The Kier molecular flexibility index (Phi) is 3.99. The summed E-state index contributed by atoms with van der Waals surface area (Å²) in [5, 5.41) is 12.7. The van der Waals surface area contributed by atoms with Gasteiger partial charge in [0, 0.05) is 0 Å². The van der Waals surface area contributed by atoms with Gasteiger partial charge in [-0.15, -0.1) is 0 Å². The summed E-state index contributed by atoms with van der Waals surface area (Å²) < 4.78 is 21.2. The molecule has 0 aliphatic heterocycles. The van der Waals surface area contributed by atoms with E-state index in [2.05, 4.69) is 35.9 Å². The predicted octanol–water partition coefficient (Wildman–Crippen LogP) is 2.45. The second kappa shape index (κ2) is 6.31. The molecule has 3 aromatic heterocycles. The van der Waals surface area contributed by atoms with E-state index in [-0.39, 0.29) is 5.82 Å². The van der Waals surface area contributed by atoms with Crippen LogP contribution in [-0.4, -0.2) is 40.5 Å². The number of hydrogen-bond acceptors (Lipinski definition) is 5. The fraction of sp³-hybridized carbons (Fsp3) is 0.118. The summed E-state index contributed by atoms with van der Waals surface area (Å²) in [4.78, 5) is 4.39. The maximum atomic E-state index is 13.0. The van der Waals surface area contributed by atoms with Crippen LogP contribution in [0.4, 0.5) is 4.39 Å². The summed E-state index contributed by atoms with van der Waals surface area (Å²) >= 11 is 3.00. The Morgan fingerprint density at radius 1 is 1.16 bits per heavy atom. The normalized spacial score (nSPS) is 11.1. The van der Waals surface area contributed by atoms with Crippen LogP contribution in [0.15, 0.2) is 47.0 Å². The molecule has 124 valence electrons. The first kappa shape index (κ1) is 15.8. The third-order valence-electron chi connectivity index (χ3n) is 3.75. The monoisotopic (exact) mass is 401 g/mol. The number of halogens is 1. The summed E-state index contributed by atoms with van der Waals surface area (Å²) in [5.41, 5.74) is 3.12. The average Bonchev–Trinajstić information content (AvgIpc) is 3.08. The molecule has 1 aromatic carbocycles. The summed E-state index contributed by atoms with van der Waals surface area (Å²) in [6.45, 7) is 0. The zero-order chi connectivity index (χ0) is 17.4. The van der Waals surface area contributed by atoms with E-state index < -0.39 is 0 Å². The van der Waals surface area contributed by atoms with Gasteiger partial charge < -0.3 is 0 Å². The quantitative estimate of drug-likeness (QED) is 0.494. The molecule has 6 nitrogen and oxygen atoms in total. The minimum atomic E-state index is -0.276. The Labute approximate surface area is 149 Å². The molecular weight excluding hydrogens is 388 g/mol. The molecule has 0 bridgehead atoms. The van der Waals surface area contributed by atoms with Crippen molar-refractivity contribution in [3.05, 3.63) is 63.9 Å². The van der Waals surface area contributed by atoms with E-state index in [0.29, 0.717) is 23.9 Å². The molecule has 0 atom stereocenters. The summed E-state index contributed by atoms with van der Waals surface area (Å²) in [6, 6.07) is 9.99. The maximum absolute atomic E-state index is 13.0. The molecule has 25 heavy (non-hydrogen) atoms. The van der Waals surface area contributed by atoms with Gasteiger partial charge in [-0.1, -0.05) is 0 Å². The minimum absolute atomic E-state index is 0.276. The summed E-state index contributed by atoms with van der Waals surface area (Å²) in [7, 11) is 1.84. The first-order valence-electron chi connectivity index (χ1n) is 7.51. The van der Waals surface area contributed by atoms with E-state index in [9.17, 15) is 4.39 Å². The van der Waals surface area contributed by atoms with E-state index >= 15 is 0 Å². The first-order chi connectivity index (χ1) is 12.1. The number of pyridine rings is 1. The van der Waals surface area contributed by atoms with Gasteiger partial charge in [0.05, 0.1) is 0 Å². The van der Waals surface area contributed by atoms with Crippen LogP contribution in [0.2, 0.25) is 0 Å². The Morgan fingerprint density at radius 3 is 2.76 bits per heavy atom. The van der Waals surface area contributed by atoms with Gasteiger partial charge in [-0.05, 0) is 0 Å². The second-order valence-corrected chi connectivity index (χ2v) is 6.33. The average molecular weight is 400 g/mol. The molecular formula is C17H12FN5OSe. The molecule has 3 heterocycles. The van der Waals surface area contributed by atoms with Crippen LogP contribution in [0, 0.1) is 9.88 Å². The van der Waals surface area contributed by atoms with Crippen LogP contribution in [0.25, 0.3) is 22.6 Å². The molecule has 0 spiro atoms. The van der Waals surface area contributed by atoms with Crippen molar-refractivity contribution in [2.75, 3.05) is 0 Å². The van der Waals surface area contributed by atoms with Gasteiger partial charge in [0.25, 0.3) is 0 Å². The van der Waals surface area contributed by atoms with E-state index in [4.69, 9.17) is 4.42 Å². The van der Waals surface area contributed by atoms with Crippen LogP contribution in [0.5, 0.6) is 0 Å². The fourth-order valence-corrected chi connectivity index (χ4v) is 3.13. The van der Waals surface area contributed by atoms with E-state index in [1.807, 2.05) is 19.2 Å². The zero-order valence-corrected chi connectivity index (χ0v) is 14.9. The van der Waals surface area contributed by atoms with E-state index in [0.717, 1.165) is 20.7 Å². The number of aryl methyl sites for hydroxylation is 1. The fourth-order valence-electron chi connectivity index (χ4n) is 2.53. The van der Waals surface area contributed by atoms with Crippen LogP contribution in [0.1, 0.15) is 11.5 Å². The Morgan fingerprint density at radius 2 is 1.96 bits per heavy atom. The molecule has 0 aliphatic carbocycles. The Bertz CT molecular complexity index is 1120. The number of fused-ring (bicyclic) bond motifs is 1. The molecule has 0 saturated carbocycles. The van der Waals surface area contributed by atoms with E-state index in [1.54, 1.807) is 23.0 Å². The van der Waals surface area contributed by atoms with Crippen LogP contribution in [0.3, 0.4) is 0 Å².